The molecule has 164 valence electrons. The Labute approximate surface area is 183 Å². The van der Waals surface area contributed by atoms with Crippen molar-refractivity contribution >= 4 is 5.82 Å². The molecule has 0 atom stereocenters. The Kier molecular flexibility index (Phi) is 6.19. The topological polar surface area (TPSA) is 89.9 Å². The van der Waals surface area contributed by atoms with Gasteiger partial charge in [-0.15, -0.1) is 0 Å². The molecule has 0 radical (unpaired) electrons. The summed E-state index contributed by atoms with van der Waals surface area (Å²) in [5, 5.41) is 15.7. The van der Waals surface area contributed by atoms with Crippen molar-refractivity contribution in [2.75, 3.05) is 25.5 Å². The lowest BCUT2D eigenvalue weighted by Gasteiger charge is -2.25. The molecule has 0 unspecified atom stereocenters. The van der Waals surface area contributed by atoms with E-state index < -0.39 is 11.6 Å². The summed E-state index contributed by atoms with van der Waals surface area (Å²) in [6.45, 7) is 1.75. The van der Waals surface area contributed by atoms with Gasteiger partial charge in [-0.3, -0.25) is 4.79 Å². The number of nitrogens with one attached hydrogen (secondary N) is 3. The summed E-state index contributed by atoms with van der Waals surface area (Å²) in [5.74, 6) is -0.757. The Morgan fingerprint density at radius 3 is 2.44 bits per heavy atom. The molecule has 0 aliphatic carbocycles. The van der Waals surface area contributed by atoms with Crippen molar-refractivity contribution in [3.63, 3.8) is 0 Å². The van der Waals surface area contributed by atoms with E-state index in [9.17, 15) is 13.6 Å². The summed E-state index contributed by atoms with van der Waals surface area (Å²) < 4.78 is 33.8. The molecule has 1 fully saturated rings. The minimum atomic E-state index is -0.700. The van der Waals surface area contributed by atoms with Crippen molar-refractivity contribution in [1.29, 1.82) is 5.26 Å². The number of methoxy groups -OCH3 is 1. The van der Waals surface area contributed by atoms with Crippen molar-refractivity contribution in [3.8, 4) is 34.2 Å². The average molecular weight is 436 g/mol. The molecule has 0 bridgehead atoms. The monoisotopic (exact) mass is 436 g/mol. The number of rotatable bonds is 5. The third-order valence-electron chi connectivity index (χ3n) is 5.55. The Balaban J connectivity index is 1.86. The van der Waals surface area contributed by atoms with Gasteiger partial charge in [-0.1, -0.05) is 12.1 Å². The van der Waals surface area contributed by atoms with Crippen LogP contribution in [-0.2, 0) is 0 Å². The molecule has 0 saturated carbocycles. The molecule has 2 aromatic carbocycles. The van der Waals surface area contributed by atoms with Gasteiger partial charge in [0.1, 0.15) is 17.7 Å². The predicted molar refractivity (Wildman–Crippen MR) is 119 cm³/mol. The van der Waals surface area contributed by atoms with Gasteiger partial charge in [0.25, 0.3) is 0 Å². The zero-order valence-corrected chi connectivity index (χ0v) is 17.5. The molecule has 6 nitrogen and oxygen atoms in total. The third-order valence-corrected chi connectivity index (χ3v) is 5.55. The number of aromatic amines is 1. The minimum absolute atomic E-state index is 0.0559. The summed E-state index contributed by atoms with van der Waals surface area (Å²) in [4.78, 5) is 16.4. The van der Waals surface area contributed by atoms with Gasteiger partial charge >= 0.3 is 0 Å². The summed E-state index contributed by atoms with van der Waals surface area (Å²) in [7, 11) is 1.36. The first-order valence-electron chi connectivity index (χ1n) is 10.3. The maximum absolute atomic E-state index is 14.4. The second kappa shape index (κ2) is 9.20. The SMILES string of the molecule is COc1ccc(-c2c(-c3ccc(C#N)c(F)c3)[nH]c(NC3CCNCC3)cc2=O)cc1F. The van der Waals surface area contributed by atoms with Crippen LogP contribution in [-0.4, -0.2) is 31.2 Å². The third kappa shape index (κ3) is 4.34. The highest BCUT2D eigenvalue weighted by Crippen LogP contribution is 2.32. The van der Waals surface area contributed by atoms with Crippen LogP contribution < -0.4 is 20.8 Å². The largest absolute Gasteiger partial charge is 0.494 e. The highest BCUT2D eigenvalue weighted by atomic mass is 19.1. The van der Waals surface area contributed by atoms with Crippen LogP contribution in [0, 0.1) is 23.0 Å². The standard InChI is InChI=1S/C24H22F2N4O2/c1-32-21-5-4-14(10-19(21)26)23-20(31)12-22(29-17-6-8-28-9-7-17)30-24(23)15-2-3-16(13-27)18(25)11-15/h2-5,10-12,17,28H,6-9H2,1H3,(H2,29,30,31). The predicted octanol–water partition coefficient (Wildman–Crippen LogP) is 4.03. The lowest BCUT2D eigenvalue weighted by atomic mass is 9.97. The van der Waals surface area contributed by atoms with Crippen LogP contribution in [0.3, 0.4) is 0 Å². The van der Waals surface area contributed by atoms with Gasteiger partial charge < -0.3 is 20.4 Å². The molecule has 8 heteroatoms. The number of piperidine rings is 1. The number of benzene rings is 2. The zero-order chi connectivity index (χ0) is 22.7. The second-order valence-corrected chi connectivity index (χ2v) is 7.62. The van der Waals surface area contributed by atoms with Crippen LogP contribution in [0.2, 0.25) is 0 Å². The number of hydrogen-bond donors (Lipinski definition) is 3. The van der Waals surface area contributed by atoms with Gasteiger partial charge in [0, 0.05) is 17.7 Å². The fourth-order valence-electron chi connectivity index (χ4n) is 3.91. The van der Waals surface area contributed by atoms with Crippen molar-refractivity contribution < 1.29 is 13.5 Å². The average Bonchev–Trinajstić information content (AvgIpc) is 2.79. The van der Waals surface area contributed by atoms with Crippen molar-refractivity contribution in [3.05, 3.63) is 69.9 Å². The summed E-state index contributed by atoms with van der Waals surface area (Å²) in [6, 6.07) is 11.7. The normalized spacial score (nSPS) is 14.1. The van der Waals surface area contributed by atoms with Gasteiger partial charge in [-0.2, -0.15) is 5.26 Å². The van der Waals surface area contributed by atoms with Crippen LogP contribution in [0.4, 0.5) is 14.6 Å². The number of hydrogen-bond acceptors (Lipinski definition) is 5. The Bertz CT molecular complexity index is 1240. The molecule has 32 heavy (non-hydrogen) atoms. The molecule has 4 rings (SSSR count). The summed E-state index contributed by atoms with van der Waals surface area (Å²) >= 11 is 0. The van der Waals surface area contributed by atoms with E-state index in [2.05, 4.69) is 15.6 Å². The zero-order valence-electron chi connectivity index (χ0n) is 17.5. The van der Waals surface area contributed by atoms with E-state index in [-0.39, 0.29) is 28.3 Å². The van der Waals surface area contributed by atoms with E-state index in [4.69, 9.17) is 10.00 Å². The fourth-order valence-corrected chi connectivity index (χ4v) is 3.91. The van der Waals surface area contributed by atoms with Crippen LogP contribution in [0.15, 0.2) is 47.3 Å². The maximum atomic E-state index is 14.4. The van der Waals surface area contributed by atoms with Gasteiger partial charge in [0.2, 0.25) is 0 Å². The van der Waals surface area contributed by atoms with E-state index in [1.54, 1.807) is 18.2 Å². The van der Waals surface area contributed by atoms with Crippen LogP contribution in [0.5, 0.6) is 5.75 Å². The first-order chi connectivity index (χ1) is 15.5. The Hall–Kier alpha value is -3.70. The van der Waals surface area contributed by atoms with Gasteiger partial charge in [-0.05, 0) is 55.8 Å². The van der Waals surface area contributed by atoms with Crippen molar-refractivity contribution in [2.45, 2.75) is 18.9 Å². The number of ether oxygens (including phenoxy) is 1. The number of aromatic nitrogens is 1. The quantitative estimate of drug-likeness (QED) is 0.562. The maximum Gasteiger partial charge on any atom is 0.192 e. The van der Waals surface area contributed by atoms with Gasteiger partial charge in [0.15, 0.2) is 17.0 Å². The molecule has 1 aliphatic rings. The van der Waals surface area contributed by atoms with Gasteiger partial charge in [0.05, 0.1) is 23.9 Å². The molecule has 2 heterocycles. The van der Waals surface area contributed by atoms with Crippen LogP contribution >= 0.6 is 0 Å². The minimum Gasteiger partial charge on any atom is -0.494 e. The number of nitrogens with zero attached hydrogens (tertiary/aromatic N) is 1. The van der Waals surface area contributed by atoms with E-state index in [1.807, 2.05) is 0 Å². The number of pyridine rings is 1. The molecule has 3 N–H and O–H groups in total. The van der Waals surface area contributed by atoms with Gasteiger partial charge in [-0.25, -0.2) is 8.78 Å². The van der Waals surface area contributed by atoms with Crippen LogP contribution in [0.25, 0.3) is 22.4 Å². The molecule has 0 amide bonds. The van der Waals surface area contributed by atoms with Crippen molar-refractivity contribution in [1.82, 2.24) is 10.3 Å². The highest BCUT2D eigenvalue weighted by Gasteiger charge is 2.19. The highest BCUT2D eigenvalue weighted by molar-refractivity contribution is 5.82. The molecular formula is C24H22F2N4O2. The number of anilines is 1. The fraction of sp³-hybridized carbons (Fsp3) is 0.250. The Morgan fingerprint density at radius 2 is 1.78 bits per heavy atom. The second-order valence-electron chi connectivity index (χ2n) is 7.62. The first-order valence-corrected chi connectivity index (χ1v) is 10.3. The molecule has 1 aliphatic heterocycles. The molecule has 1 saturated heterocycles. The number of nitriles is 1. The molecular weight excluding hydrogens is 414 g/mol. The lowest BCUT2D eigenvalue weighted by Crippen LogP contribution is -2.35. The first kappa shape index (κ1) is 21.5. The molecule has 3 aromatic rings. The number of halogens is 2. The summed E-state index contributed by atoms with van der Waals surface area (Å²) in [5.41, 5.74) is 0.798. The lowest BCUT2D eigenvalue weighted by molar-refractivity contribution is 0.386. The van der Waals surface area contributed by atoms with E-state index in [0.717, 1.165) is 25.9 Å². The van der Waals surface area contributed by atoms with E-state index >= 15 is 0 Å². The molecule has 1 aromatic heterocycles. The van der Waals surface area contributed by atoms with E-state index in [0.29, 0.717) is 22.6 Å². The smallest absolute Gasteiger partial charge is 0.192 e. The van der Waals surface area contributed by atoms with Crippen LogP contribution in [0.1, 0.15) is 18.4 Å². The summed E-state index contributed by atoms with van der Waals surface area (Å²) in [6.07, 6.45) is 1.79. The van der Waals surface area contributed by atoms with Crippen molar-refractivity contribution in [2.24, 2.45) is 0 Å². The van der Waals surface area contributed by atoms with E-state index in [1.165, 1.54) is 37.4 Å². The number of H-pyrrole nitrogens is 1. The molecule has 0 spiro atoms. The Morgan fingerprint density at radius 1 is 1.06 bits per heavy atom.